The van der Waals surface area contributed by atoms with Crippen molar-refractivity contribution in [3.63, 3.8) is 0 Å². The van der Waals surface area contributed by atoms with Crippen LogP contribution in [0.4, 0.5) is 11.4 Å². The van der Waals surface area contributed by atoms with Crippen LogP contribution in [0.5, 0.6) is 5.75 Å². The molecule has 8 nitrogen and oxygen atoms in total. The number of ether oxygens (including phenoxy) is 2. The van der Waals surface area contributed by atoms with Crippen LogP contribution in [-0.2, 0) is 19.1 Å². The van der Waals surface area contributed by atoms with E-state index in [-0.39, 0.29) is 41.0 Å². The third kappa shape index (κ3) is 3.67. The van der Waals surface area contributed by atoms with Crippen molar-refractivity contribution in [1.29, 1.82) is 0 Å². The molecule has 168 valence electrons. The molecule has 2 aromatic carbocycles. The number of nitrogens with one attached hydrogen (secondary N) is 1. The number of anilines is 2. The zero-order valence-electron chi connectivity index (χ0n) is 17.9. The lowest BCUT2D eigenvalue weighted by molar-refractivity contribution is -0.123. The van der Waals surface area contributed by atoms with Gasteiger partial charge in [-0.3, -0.25) is 14.4 Å². The van der Waals surface area contributed by atoms with Gasteiger partial charge in [0.15, 0.2) is 6.61 Å². The summed E-state index contributed by atoms with van der Waals surface area (Å²) in [6, 6.07) is 12.9. The van der Waals surface area contributed by atoms with E-state index in [0.29, 0.717) is 17.1 Å². The summed E-state index contributed by atoms with van der Waals surface area (Å²) in [4.78, 5) is 51.8. The predicted molar refractivity (Wildman–Crippen MR) is 119 cm³/mol. The second-order valence-electron chi connectivity index (χ2n) is 8.41. The number of hydrogen-bond acceptors (Lipinski definition) is 6. The summed E-state index contributed by atoms with van der Waals surface area (Å²) in [5.74, 6) is -1.40. The van der Waals surface area contributed by atoms with Gasteiger partial charge in [0.1, 0.15) is 5.75 Å². The fourth-order valence-electron chi connectivity index (χ4n) is 5.01. The average Bonchev–Trinajstić information content (AvgIpc) is 3.51. The minimum absolute atomic E-state index is 0.110. The number of fused-ring (bicyclic) bond motifs is 5. The number of nitrogens with zero attached hydrogens (tertiary/aromatic N) is 1. The molecule has 2 aliphatic carbocycles. The normalized spacial score (nSPS) is 24.7. The van der Waals surface area contributed by atoms with Gasteiger partial charge >= 0.3 is 5.97 Å². The molecule has 0 radical (unpaired) electrons. The van der Waals surface area contributed by atoms with E-state index >= 15 is 0 Å². The van der Waals surface area contributed by atoms with Gasteiger partial charge in [-0.2, -0.15) is 0 Å². The first-order valence-electron chi connectivity index (χ1n) is 10.7. The highest BCUT2D eigenvalue weighted by atomic mass is 16.5. The molecular formula is C25H22N2O6. The van der Waals surface area contributed by atoms with Gasteiger partial charge in [-0.25, -0.2) is 9.69 Å². The van der Waals surface area contributed by atoms with Crippen LogP contribution in [0, 0.1) is 23.7 Å². The van der Waals surface area contributed by atoms with Crippen molar-refractivity contribution in [2.24, 2.45) is 23.7 Å². The van der Waals surface area contributed by atoms with Crippen molar-refractivity contribution in [2.75, 3.05) is 23.9 Å². The molecule has 8 heteroatoms. The minimum atomic E-state index is -0.720. The summed E-state index contributed by atoms with van der Waals surface area (Å²) in [7, 11) is 1.55. The van der Waals surface area contributed by atoms with Crippen molar-refractivity contribution < 1.29 is 28.7 Å². The van der Waals surface area contributed by atoms with Gasteiger partial charge in [-0.1, -0.05) is 18.2 Å². The first kappa shape index (κ1) is 20.9. The van der Waals surface area contributed by atoms with Crippen LogP contribution in [0.3, 0.4) is 0 Å². The average molecular weight is 446 g/mol. The number of rotatable bonds is 6. The third-order valence-corrected chi connectivity index (χ3v) is 6.52. The number of carbonyl (C=O) groups excluding carboxylic acids is 4. The molecule has 1 heterocycles. The van der Waals surface area contributed by atoms with Crippen molar-refractivity contribution in [2.45, 2.75) is 6.42 Å². The maximum Gasteiger partial charge on any atom is 0.338 e. The molecule has 1 saturated heterocycles. The number of carbonyl (C=O) groups is 4. The molecule has 2 aromatic rings. The van der Waals surface area contributed by atoms with E-state index in [1.165, 1.54) is 17.0 Å². The standard InChI is InChI=1S/C25H22N2O6/c1-32-19-9-7-17(8-10-19)26-20(28)13-33-25(31)16-3-2-4-18(12-16)27-23(29)21-14-5-6-15(11-14)22(21)24(27)30/h2-10,12,14-15,21-22H,11,13H2,1H3,(H,26,28)/t14-,15-,21-,22+/m0/s1. The molecule has 1 saturated carbocycles. The summed E-state index contributed by atoms with van der Waals surface area (Å²) in [5.41, 5.74) is 1.04. The SMILES string of the molecule is COc1ccc(NC(=O)COC(=O)c2cccc(N3C(=O)[C@@H]4[C@H](C3=O)[C@H]3C=C[C@H]4C3)c2)cc1. The largest absolute Gasteiger partial charge is 0.497 e. The van der Waals surface area contributed by atoms with E-state index in [0.717, 1.165) is 6.42 Å². The molecule has 1 N–H and O–H groups in total. The van der Waals surface area contributed by atoms with Gasteiger partial charge in [0.25, 0.3) is 5.91 Å². The zero-order chi connectivity index (χ0) is 23.1. The van der Waals surface area contributed by atoms with Crippen molar-refractivity contribution >= 4 is 35.1 Å². The molecular weight excluding hydrogens is 424 g/mol. The van der Waals surface area contributed by atoms with E-state index in [1.807, 2.05) is 12.2 Å². The van der Waals surface area contributed by atoms with Crippen molar-refractivity contribution in [1.82, 2.24) is 0 Å². The Balaban J connectivity index is 1.23. The highest BCUT2D eigenvalue weighted by Gasteiger charge is 2.59. The Morgan fingerprint density at radius 1 is 1.00 bits per heavy atom. The van der Waals surface area contributed by atoms with Gasteiger partial charge in [-0.15, -0.1) is 0 Å². The Kier molecular flexibility index (Phi) is 5.20. The van der Waals surface area contributed by atoms with Gasteiger partial charge < -0.3 is 14.8 Å². The fraction of sp³-hybridized carbons (Fsp3) is 0.280. The van der Waals surface area contributed by atoms with Gasteiger partial charge in [0.05, 0.1) is 30.2 Å². The molecule has 4 atom stereocenters. The summed E-state index contributed by atoms with van der Waals surface area (Å²) in [5, 5.41) is 2.63. The van der Waals surface area contributed by atoms with E-state index in [1.54, 1.807) is 43.5 Å². The van der Waals surface area contributed by atoms with Crippen LogP contribution in [0.25, 0.3) is 0 Å². The van der Waals surface area contributed by atoms with Gasteiger partial charge in [0, 0.05) is 5.69 Å². The highest BCUT2D eigenvalue weighted by molar-refractivity contribution is 6.23. The lowest BCUT2D eigenvalue weighted by Crippen LogP contribution is -2.33. The summed E-state index contributed by atoms with van der Waals surface area (Å²) >= 11 is 0. The third-order valence-electron chi connectivity index (χ3n) is 6.52. The monoisotopic (exact) mass is 446 g/mol. The fourth-order valence-corrected chi connectivity index (χ4v) is 5.01. The van der Waals surface area contributed by atoms with Crippen LogP contribution < -0.4 is 15.0 Å². The summed E-state index contributed by atoms with van der Waals surface area (Å²) < 4.78 is 10.2. The maximum atomic E-state index is 13.0. The Bertz CT molecular complexity index is 1140. The number of imide groups is 1. The number of benzene rings is 2. The Labute approximate surface area is 190 Å². The molecule has 0 aromatic heterocycles. The molecule has 5 rings (SSSR count). The Morgan fingerprint density at radius 3 is 2.30 bits per heavy atom. The first-order chi connectivity index (χ1) is 16.0. The summed E-state index contributed by atoms with van der Waals surface area (Å²) in [6.45, 7) is -0.476. The molecule has 33 heavy (non-hydrogen) atoms. The van der Waals surface area contributed by atoms with E-state index in [4.69, 9.17) is 9.47 Å². The number of esters is 1. The first-order valence-corrected chi connectivity index (χ1v) is 10.7. The van der Waals surface area contributed by atoms with Crippen LogP contribution in [0.15, 0.2) is 60.7 Å². The topological polar surface area (TPSA) is 102 Å². The molecule has 0 spiro atoms. The van der Waals surface area contributed by atoms with Crippen molar-refractivity contribution in [3.8, 4) is 5.75 Å². The second kappa shape index (κ2) is 8.20. The maximum absolute atomic E-state index is 13.0. The highest BCUT2D eigenvalue weighted by Crippen LogP contribution is 2.53. The van der Waals surface area contributed by atoms with Gasteiger partial charge in [-0.05, 0) is 60.7 Å². The second-order valence-corrected chi connectivity index (χ2v) is 8.41. The molecule has 1 aliphatic heterocycles. The smallest absolute Gasteiger partial charge is 0.338 e. The van der Waals surface area contributed by atoms with Gasteiger partial charge in [0.2, 0.25) is 11.8 Å². The van der Waals surface area contributed by atoms with Crippen molar-refractivity contribution in [3.05, 3.63) is 66.2 Å². The van der Waals surface area contributed by atoms with Crippen LogP contribution >= 0.6 is 0 Å². The minimum Gasteiger partial charge on any atom is -0.497 e. The Morgan fingerprint density at radius 2 is 1.67 bits per heavy atom. The quantitative estimate of drug-likeness (QED) is 0.416. The molecule has 3 aliphatic rings. The molecule has 3 amide bonds. The van der Waals surface area contributed by atoms with Crippen LogP contribution in [0.2, 0.25) is 0 Å². The number of allylic oxidation sites excluding steroid dienone is 2. The van der Waals surface area contributed by atoms with E-state index in [2.05, 4.69) is 5.32 Å². The number of hydrogen-bond donors (Lipinski definition) is 1. The molecule has 2 bridgehead atoms. The molecule has 0 unspecified atom stereocenters. The van der Waals surface area contributed by atoms with Crippen LogP contribution in [0.1, 0.15) is 16.8 Å². The molecule has 2 fully saturated rings. The lowest BCUT2D eigenvalue weighted by Gasteiger charge is -2.18. The number of methoxy groups -OCH3 is 1. The Hall–Kier alpha value is -3.94. The predicted octanol–water partition coefficient (Wildman–Crippen LogP) is 2.80. The zero-order valence-corrected chi connectivity index (χ0v) is 17.9. The van der Waals surface area contributed by atoms with E-state index < -0.39 is 18.5 Å². The van der Waals surface area contributed by atoms with Crippen LogP contribution in [-0.4, -0.2) is 37.4 Å². The van der Waals surface area contributed by atoms with E-state index in [9.17, 15) is 19.2 Å². The summed E-state index contributed by atoms with van der Waals surface area (Å²) in [6.07, 6.45) is 4.92. The lowest BCUT2D eigenvalue weighted by atomic mass is 9.85. The number of amides is 3.